The van der Waals surface area contributed by atoms with E-state index in [1.807, 2.05) is 0 Å². The summed E-state index contributed by atoms with van der Waals surface area (Å²) in [5.74, 6) is 0. The molecular formula is C49H29NO. The minimum absolute atomic E-state index is 0.916. The highest BCUT2D eigenvalue weighted by Crippen LogP contribution is 2.44. The molecular weight excluding hydrogens is 619 g/mol. The van der Waals surface area contributed by atoms with Gasteiger partial charge in [-0.15, -0.1) is 0 Å². The topological polar surface area (TPSA) is 26.0 Å². The lowest BCUT2D eigenvalue weighted by Crippen LogP contribution is -1.91. The van der Waals surface area contributed by atoms with E-state index >= 15 is 0 Å². The van der Waals surface area contributed by atoms with Crippen molar-refractivity contribution in [1.29, 1.82) is 0 Å². The molecule has 0 saturated carbocycles. The molecule has 11 aromatic rings. The second-order valence-electron chi connectivity index (χ2n) is 13.5. The number of pyridine rings is 1. The van der Waals surface area contributed by atoms with Crippen LogP contribution in [0.4, 0.5) is 0 Å². The Morgan fingerprint density at radius 2 is 1.00 bits per heavy atom. The fourth-order valence-electron chi connectivity index (χ4n) is 8.23. The molecule has 2 heterocycles. The van der Waals surface area contributed by atoms with Crippen LogP contribution in [0.3, 0.4) is 0 Å². The first-order chi connectivity index (χ1) is 25.3. The summed E-state index contributed by atoms with van der Waals surface area (Å²) in [5, 5.41) is 13.2. The van der Waals surface area contributed by atoms with Crippen molar-refractivity contribution in [1.82, 2.24) is 4.98 Å². The normalized spacial score (nSPS) is 11.9. The standard InChI is InChI=1S/C49H29NO/c1-2-11-32(12-3-1)48-41-26-25-38-36(18-10-19-39(38)46(41)40-17-8-9-20-44(40)50-48)30-21-23-31(24-22-30)42-28-35-15-6-7-16-37(35)47-43-27-33-13-4-5-14-34(33)29-45(43)51-49(42)47/h1-29H. The first-order valence-corrected chi connectivity index (χ1v) is 17.5. The van der Waals surface area contributed by atoms with Gasteiger partial charge in [0, 0.05) is 38.1 Å². The van der Waals surface area contributed by atoms with Crippen LogP contribution in [0.5, 0.6) is 0 Å². The Hall–Kier alpha value is -6.77. The van der Waals surface area contributed by atoms with E-state index in [4.69, 9.17) is 9.40 Å². The van der Waals surface area contributed by atoms with Gasteiger partial charge in [0.1, 0.15) is 11.2 Å². The van der Waals surface area contributed by atoms with Crippen molar-refractivity contribution in [3.05, 3.63) is 176 Å². The molecule has 0 spiro atoms. The maximum Gasteiger partial charge on any atom is 0.143 e. The summed E-state index contributed by atoms with van der Waals surface area (Å²) in [6.07, 6.45) is 0. The first kappa shape index (κ1) is 28.1. The van der Waals surface area contributed by atoms with Crippen LogP contribution in [-0.2, 0) is 0 Å². The largest absolute Gasteiger partial charge is 0.455 e. The summed E-state index contributed by atoms with van der Waals surface area (Å²) in [7, 11) is 0. The molecule has 0 aliphatic rings. The van der Waals surface area contributed by atoms with E-state index in [0.29, 0.717) is 0 Å². The Balaban J connectivity index is 1.10. The molecule has 0 N–H and O–H groups in total. The van der Waals surface area contributed by atoms with Crippen LogP contribution in [0, 0.1) is 0 Å². The van der Waals surface area contributed by atoms with Gasteiger partial charge in [-0.2, -0.15) is 0 Å². The minimum atomic E-state index is 0.916. The Bertz CT molecular complexity index is 3170. The van der Waals surface area contributed by atoms with Crippen LogP contribution in [0.25, 0.3) is 109 Å². The van der Waals surface area contributed by atoms with Gasteiger partial charge in [-0.3, -0.25) is 0 Å². The highest BCUT2D eigenvalue weighted by Gasteiger charge is 2.18. The summed E-state index contributed by atoms with van der Waals surface area (Å²) >= 11 is 0. The maximum atomic E-state index is 6.74. The number of furan rings is 1. The number of benzene rings is 9. The zero-order valence-corrected chi connectivity index (χ0v) is 27.6. The monoisotopic (exact) mass is 647 g/mol. The van der Waals surface area contributed by atoms with Gasteiger partial charge >= 0.3 is 0 Å². The average molecular weight is 648 g/mol. The fraction of sp³-hybridized carbons (Fsp3) is 0. The van der Waals surface area contributed by atoms with Gasteiger partial charge in [0.15, 0.2) is 0 Å². The molecule has 2 nitrogen and oxygen atoms in total. The molecule has 2 aromatic heterocycles. The van der Waals surface area contributed by atoms with Gasteiger partial charge < -0.3 is 4.42 Å². The number of nitrogens with zero attached hydrogens (tertiary/aromatic N) is 1. The van der Waals surface area contributed by atoms with E-state index < -0.39 is 0 Å². The number of hydrogen-bond acceptors (Lipinski definition) is 2. The second-order valence-corrected chi connectivity index (χ2v) is 13.5. The quantitative estimate of drug-likeness (QED) is 0.178. The summed E-state index contributed by atoms with van der Waals surface area (Å²) in [4.78, 5) is 5.16. The summed E-state index contributed by atoms with van der Waals surface area (Å²) in [6.45, 7) is 0. The zero-order valence-electron chi connectivity index (χ0n) is 27.6. The molecule has 2 heteroatoms. The minimum Gasteiger partial charge on any atom is -0.455 e. The molecule has 0 amide bonds. The third-order valence-electron chi connectivity index (χ3n) is 10.6. The van der Waals surface area contributed by atoms with E-state index in [1.165, 1.54) is 65.0 Å². The van der Waals surface area contributed by atoms with Crippen molar-refractivity contribution in [2.75, 3.05) is 0 Å². The Kier molecular flexibility index (Phi) is 5.99. The van der Waals surface area contributed by atoms with E-state index in [1.54, 1.807) is 0 Å². The third-order valence-corrected chi connectivity index (χ3v) is 10.6. The molecule has 0 saturated heterocycles. The van der Waals surface area contributed by atoms with Gasteiger partial charge in [-0.05, 0) is 73.3 Å². The number of aromatic nitrogens is 1. The van der Waals surface area contributed by atoms with Crippen LogP contribution < -0.4 is 0 Å². The van der Waals surface area contributed by atoms with E-state index in [-0.39, 0.29) is 0 Å². The molecule has 0 atom stereocenters. The van der Waals surface area contributed by atoms with Crippen molar-refractivity contribution in [2.45, 2.75) is 0 Å². The van der Waals surface area contributed by atoms with E-state index in [2.05, 4.69) is 176 Å². The number of rotatable bonds is 3. The predicted octanol–water partition coefficient (Wildman–Crippen LogP) is 13.7. The third kappa shape index (κ3) is 4.27. The summed E-state index contributed by atoms with van der Waals surface area (Å²) < 4.78 is 6.74. The second kappa shape index (κ2) is 10.9. The molecule has 0 unspecified atom stereocenters. The highest BCUT2D eigenvalue weighted by molar-refractivity contribution is 6.25. The molecule has 236 valence electrons. The Morgan fingerprint density at radius 3 is 1.82 bits per heavy atom. The molecule has 11 rings (SSSR count). The molecule has 0 fully saturated rings. The Morgan fingerprint density at radius 1 is 0.353 bits per heavy atom. The summed E-state index contributed by atoms with van der Waals surface area (Å²) in [6, 6.07) is 63.1. The smallest absolute Gasteiger partial charge is 0.143 e. The van der Waals surface area contributed by atoms with Gasteiger partial charge in [0.05, 0.1) is 11.2 Å². The van der Waals surface area contributed by atoms with Crippen molar-refractivity contribution >= 4 is 75.9 Å². The lowest BCUT2D eigenvalue weighted by atomic mass is 9.90. The molecule has 0 aliphatic heterocycles. The van der Waals surface area contributed by atoms with Gasteiger partial charge in [-0.25, -0.2) is 4.98 Å². The first-order valence-electron chi connectivity index (χ1n) is 17.5. The lowest BCUT2D eigenvalue weighted by Gasteiger charge is -2.15. The van der Waals surface area contributed by atoms with Crippen LogP contribution in [-0.4, -0.2) is 4.98 Å². The molecule has 51 heavy (non-hydrogen) atoms. The van der Waals surface area contributed by atoms with E-state index in [9.17, 15) is 0 Å². The van der Waals surface area contributed by atoms with Gasteiger partial charge in [0.25, 0.3) is 0 Å². The van der Waals surface area contributed by atoms with Crippen LogP contribution in [0.15, 0.2) is 180 Å². The van der Waals surface area contributed by atoms with Crippen LogP contribution in [0.2, 0.25) is 0 Å². The molecule has 9 aromatic carbocycles. The average Bonchev–Trinajstić information content (AvgIpc) is 3.58. The zero-order chi connectivity index (χ0) is 33.5. The number of para-hydroxylation sites is 1. The van der Waals surface area contributed by atoms with Crippen LogP contribution >= 0.6 is 0 Å². The highest BCUT2D eigenvalue weighted by atomic mass is 16.3. The fourth-order valence-corrected chi connectivity index (χ4v) is 8.23. The maximum absolute atomic E-state index is 6.74. The number of fused-ring (bicyclic) bond motifs is 11. The van der Waals surface area contributed by atoms with E-state index in [0.717, 1.165) is 44.5 Å². The molecule has 0 aliphatic carbocycles. The molecule has 0 bridgehead atoms. The van der Waals surface area contributed by atoms with Crippen molar-refractivity contribution in [2.24, 2.45) is 0 Å². The van der Waals surface area contributed by atoms with Crippen LogP contribution in [0.1, 0.15) is 0 Å². The van der Waals surface area contributed by atoms with Gasteiger partial charge in [0.2, 0.25) is 0 Å². The summed E-state index contributed by atoms with van der Waals surface area (Å²) in [5.41, 5.74) is 9.62. The molecule has 0 radical (unpaired) electrons. The van der Waals surface area contributed by atoms with Crippen molar-refractivity contribution < 1.29 is 4.42 Å². The lowest BCUT2D eigenvalue weighted by molar-refractivity contribution is 0.671. The van der Waals surface area contributed by atoms with Crippen molar-refractivity contribution in [3.8, 4) is 33.5 Å². The Labute approximate surface area is 293 Å². The van der Waals surface area contributed by atoms with Crippen molar-refractivity contribution in [3.63, 3.8) is 0 Å². The predicted molar refractivity (Wildman–Crippen MR) is 215 cm³/mol. The number of hydrogen-bond donors (Lipinski definition) is 0. The van der Waals surface area contributed by atoms with Gasteiger partial charge in [-0.1, -0.05) is 152 Å². The SMILES string of the molecule is c1ccc(-c2nc3ccccc3c3c2ccc2c(-c4ccc(-c5cc6ccccc6c6c5oc5cc7ccccc7cc56)cc4)cccc23)cc1.